The van der Waals surface area contributed by atoms with Crippen molar-refractivity contribution in [3.05, 3.63) is 34.5 Å². The van der Waals surface area contributed by atoms with Gasteiger partial charge < -0.3 is 24.8 Å². The summed E-state index contributed by atoms with van der Waals surface area (Å²) in [5, 5.41) is 0.534. The van der Waals surface area contributed by atoms with E-state index in [0.717, 1.165) is 30.0 Å². The van der Waals surface area contributed by atoms with Crippen LogP contribution in [-0.2, 0) is 4.74 Å². The van der Waals surface area contributed by atoms with Crippen LogP contribution < -0.4 is 20.1 Å². The molecule has 1 aromatic carbocycles. The molecule has 0 amide bonds. The van der Waals surface area contributed by atoms with Crippen LogP contribution in [0.15, 0.2) is 18.2 Å². The number of hydrogen-bond acceptors (Lipinski definition) is 7. The van der Waals surface area contributed by atoms with Crippen molar-refractivity contribution in [2.75, 3.05) is 44.1 Å². The van der Waals surface area contributed by atoms with Crippen molar-refractivity contribution in [3.63, 3.8) is 0 Å². The summed E-state index contributed by atoms with van der Waals surface area (Å²) in [6.45, 7) is 3.87. The van der Waals surface area contributed by atoms with Gasteiger partial charge in [-0.05, 0) is 25.0 Å². The van der Waals surface area contributed by atoms with Crippen LogP contribution in [0.4, 0.5) is 11.8 Å². The molecule has 1 atom stereocenters. The average molecular weight is 403 g/mol. The number of halogens is 1. The Morgan fingerprint density at radius 1 is 1.36 bits per heavy atom. The SMILES string of the molecule is C#CCOc1cc(Cl)c([C@H]2COCCCN2c2cc(C)nc(N)n2)cc1OC. The minimum absolute atomic E-state index is 0.129. The number of nitrogen functional groups attached to an aromatic ring is 1. The standard InChI is InChI=1S/C20H23ClN4O3/c1-4-7-28-18-11-15(21)14(10-17(18)26-3)16-12-27-8-5-6-25(16)19-9-13(2)23-20(22)24-19/h1,9-11,16H,5-8,12H2,2-3H3,(H2,22,23,24)/t16-/m1/s1. The Kier molecular flexibility index (Phi) is 6.45. The lowest BCUT2D eigenvalue weighted by Crippen LogP contribution is -2.32. The Balaban J connectivity index is 2.03. The van der Waals surface area contributed by atoms with Gasteiger partial charge in [0.1, 0.15) is 12.4 Å². The van der Waals surface area contributed by atoms with Gasteiger partial charge in [-0.2, -0.15) is 4.98 Å². The predicted molar refractivity (Wildman–Crippen MR) is 109 cm³/mol. The van der Waals surface area contributed by atoms with Crippen LogP contribution in [0.5, 0.6) is 11.5 Å². The summed E-state index contributed by atoms with van der Waals surface area (Å²) in [4.78, 5) is 10.7. The molecule has 28 heavy (non-hydrogen) atoms. The van der Waals surface area contributed by atoms with Gasteiger partial charge in [0, 0.05) is 36.0 Å². The highest BCUT2D eigenvalue weighted by Crippen LogP contribution is 2.39. The number of ether oxygens (including phenoxy) is 3. The smallest absolute Gasteiger partial charge is 0.222 e. The summed E-state index contributed by atoms with van der Waals surface area (Å²) in [6.07, 6.45) is 6.14. The largest absolute Gasteiger partial charge is 0.493 e. The number of methoxy groups -OCH3 is 1. The van der Waals surface area contributed by atoms with Crippen LogP contribution in [0.3, 0.4) is 0 Å². The predicted octanol–water partition coefficient (Wildman–Crippen LogP) is 3.01. The monoisotopic (exact) mass is 402 g/mol. The third kappa shape index (κ3) is 4.41. The first-order valence-electron chi connectivity index (χ1n) is 8.92. The molecule has 0 unspecified atom stereocenters. The summed E-state index contributed by atoms with van der Waals surface area (Å²) in [7, 11) is 1.57. The maximum Gasteiger partial charge on any atom is 0.222 e. The Morgan fingerprint density at radius 2 is 2.18 bits per heavy atom. The van der Waals surface area contributed by atoms with E-state index in [1.807, 2.05) is 19.1 Å². The summed E-state index contributed by atoms with van der Waals surface area (Å²) < 4.78 is 16.8. The van der Waals surface area contributed by atoms with Gasteiger partial charge in [-0.3, -0.25) is 0 Å². The molecular weight excluding hydrogens is 380 g/mol. The summed E-state index contributed by atoms with van der Waals surface area (Å²) in [6, 6.07) is 5.32. The molecule has 3 rings (SSSR count). The lowest BCUT2D eigenvalue weighted by molar-refractivity contribution is 0.134. The second-order valence-electron chi connectivity index (χ2n) is 6.38. The van der Waals surface area contributed by atoms with Crippen LogP contribution in [0, 0.1) is 19.3 Å². The van der Waals surface area contributed by atoms with Crippen molar-refractivity contribution in [3.8, 4) is 23.8 Å². The van der Waals surface area contributed by atoms with E-state index in [4.69, 9.17) is 38.0 Å². The zero-order valence-corrected chi connectivity index (χ0v) is 16.7. The zero-order chi connectivity index (χ0) is 20.1. The number of rotatable bonds is 5. The topological polar surface area (TPSA) is 82.7 Å². The Bertz CT molecular complexity index is 864. The normalized spacial score (nSPS) is 16.9. The fourth-order valence-electron chi connectivity index (χ4n) is 3.23. The van der Waals surface area contributed by atoms with Crippen LogP contribution in [0.1, 0.15) is 23.7 Å². The molecule has 0 spiro atoms. The first kappa shape index (κ1) is 20.1. The second kappa shape index (κ2) is 9.00. The lowest BCUT2D eigenvalue weighted by Gasteiger charge is -2.32. The van der Waals surface area contributed by atoms with Gasteiger partial charge in [-0.15, -0.1) is 6.42 Å². The van der Waals surface area contributed by atoms with Gasteiger partial charge in [0.2, 0.25) is 5.95 Å². The second-order valence-corrected chi connectivity index (χ2v) is 6.79. The molecule has 1 aromatic heterocycles. The number of benzene rings is 1. The van der Waals surface area contributed by atoms with E-state index in [-0.39, 0.29) is 18.6 Å². The zero-order valence-electron chi connectivity index (χ0n) is 15.9. The van der Waals surface area contributed by atoms with E-state index >= 15 is 0 Å². The van der Waals surface area contributed by atoms with Crippen molar-refractivity contribution < 1.29 is 14.2 Å². The van der Waals surface area contributed by atoms with Gasteiger partial charge in [0.25, 0.3) is 0 Å². The first-order valence-corrected chi connectivity index (χ1v) is 9.30. The highest BCUT2D eigenvalue weighted by Gasteiger charge is 2.28. The molecule has 2 heterocycles. The molecule has 0 saturated carbocycles. The van der Waals surface area contributed by atoms with Crippen LogP contribution in [-0.4, -0.2) is 43.4 Å². The van der Waals surface area contributed by atoms with Crippen molar-refractivity contribution in [1.82, 2.24) is 9.97 Å². The number of terminal acetylenes is 1. The van der Waals surface area contributed by atoms with Crippen molar-refractivity contribution >= 4 is 23.4 Å². The van der Waals surface area contributed by atoms with Crippen molar-refractivity contribution in [2.24, 2.45) is 0 Å². The van der Waals surface area contributed by atoms with E-state index in [0.29, 0.717) is 29.7 Å². The number of nitrogens with zero attached hydrogens (tertiary/aromatic N) is 3. The van der Waals surface area contributed by atoms with Crippen molar-refractivity contribution in [2.45, 2.75) is 19.4 Å². The highest BCUT2D eigenvalue weighted by atomic mass is 35.5. The molecule has 2 aromatic rings. The van der Waals surface area contributed by atoms with Gasteiger partial charge in [0.05, 0.1) is 19.8 Å². The molecule has 0 radical (unpaired) electrons. The number of nitrogens with two attached hydrogens (primary N) is 1. The number of aryl methyl sites for hydroxylation is 1. The Hall–Kier alpha value is -2.69. The van der Waals surface area contributed by atoms with Gasteiger partial charge >= 0.3 is 0 Å². The lowest BCUT2D eigenvalue weighted by atomic mass is 10.0. The molecule has 1 saturated heterocycles. The van der Waals surface area contributed by atoms with E-state index in [1.54, 1.807) is 13.2 Å². The van der Waals surface area contributed by atoms with E-state index in [1.165, 1.54) is 0 Å². The Labute approximate surface area is 169 Å². The molecule has 1 aliphatic rings. The number of aromatic nitrogens is 2. The molecule has 148 valence electrons. The van der Waals surface area contributed by atoms with E-state index in [2.05, 4.69) is 20.8 Å². The fraction of sp³-hybridized carbons (Fsp3) is 0.400. The van der Waals surface area contributed by atoms with Gasteiger partial charge in [0.15, 0.2) is 11.5 Å². The fourth-order valence-corrected chi connectivity index (χ4v) is 3.51. The quantitative estimate of drug-likeness (QED) is 0.769. The molecule has 7 nitrogen and oxygen atoms in total. The summed E-state index contributed by atoms with van der Waals surface area (Å²) in [5.41, 5.74) is 7.52. The number of hydrogen-bond donors (Lipinski definition) is 1. The van der Waals surface area contributed by atoms with E-state index in [9.17, 15) is 0 Å². The maximum absolute atomic E-state index is 6.61. The molecule has 2 N–H and O–H groups in total. The molecule has 0 aliphatic carbocycles. The first-order chi connectivity index (χ1) is 13.5. The van der Waals surface area contributed by atoms with Crippen LogP contribution >= 0.6 is 11.6 Å². The summed E-state index contributed by atoms with van der Waals surface area (Å²) in [5.74, 6) is 4.46. The molecule has 1 aliphatic heterocycles. The minimum atomic E-state index is -0.167. The molecule has 0 bridgehead atoms. The van der Waals surface area contributed by atoms with Crippen LogP contribution in [0.2, 0.25) is 5.02 Å². The minimum Gasteiger partial charge on any atom is -0.493 e. The third-order valence-corrected chi connectivity index (χ3v) is 4.77. The molecule has 8 heteroatoms. The molecule has 1 fully saturated rings. The molecular formula is C20H23ClN4O3. The van der Waals surface area contributed by atoms with Crippen molar-refractivity contribution in [1.29, 1.82) is 0 Å². The highest BCUT2D eigenvalue weighted by molar-refractivity contribution is 6.31. The third-order valence-electron chi connectivity index (χ3n) is 4.44. The maximum atomic E-state index is 6.61. The van der Waals surface area contributed by atoms with Gasteiger partial charge in [-0.25, -0.2) is 4.98 Å². The Morgan fingerprint density at radius 3 is 2.89 bits per heavy atom. The van der Waals surface area contributed by atoms with Gasteiger partial charge in [-0.1, -0.05) is 17.5 Å². The average Bonchev–Trinajstić information content (AvgIpc) is 2.91. The van der Waals surface area contributed by atoms with E-state index < -0.39 is 0 Å². The van der Waals surface area contributed by atoms with Crippen LogP contribution in [0.25, 0.3) is 0 Å². The summed E-state index contributed by atoms with van der Waals surface area (Å²) >= 11 is 6.61. The number of anilines is 2.